The molecule has 0 aliphatic heterocycles. The van der Waals surface area contributed by atoms with Crippen LogP contribution in [0.15, 0.2) is 85.1 Å². The number of hydrogen-bond donors (Lipinski definition) is 13. The number of nitrogens with one attached hydrogen (secondary N) is 9. The van der Waals surface area contributed by atoms with Gasteiger partial charge in [0.1, 0.15) is 41.5 Å². The van der Waals surface area contributed by atoms with E-state index in [9.17, 15) is 38.7 Å². The summed E-state index contributed by atoms with van der Waals surface area (Å²) in [7, 11) is 1.56. The second-order valence-corrected chi connectivity index (χ2v) is 19.6. The van der Waals surface area contributed by atoms with E-state index in [2.05, 4.69) is 42.2 Å². The predicted molar refractivity (Wildman–Crippen MR) is 290 cm³/mol. The second kappa shape index (κ2) is 29.9. The maximum absolute atomic E-state index is 15.1. The number of para-hydroxylation sites is 1. The topological polar surface area (TPSA) is 368 Å². The zero-order valence-corrected chi connectivity index (χ0v) is 43.9. The number of methoxy groups -OCH3 is 1. The SMILES string of the molecule is CCCCC(=O)N[C@@H](CC(=O)O)C(=O)N[C@]1(C(=O)N[C@H](Cc2ccccc2)C(=O)N[C@@H](CCCNC(=N)N)C(=O)N[C@@H](Cc2c[nH]c3ccccc23)C(=O)N[C@@H](CCCCN)C(N)=O)CC[C@H](c2ccc(OC)cc2)CC1. The van der Waals surface area contributed by atoms with Crippen LogP contribution in [0.1, 0.15) is 113 Å². The number of carboxylic acid groups (broad SMARTS) is 1. The number of amides is 7. The van der Waals surface area contributed by atoms with Crippen LogP contribution >= 0.6 is 0 Å². The van der Waals surface area contributed by atoms with Gasteiger partial charge in [-0.1, -0.05) is 74.0 Å². The number of carbonyl (C=O) groups excluding carboxylic acids is 7. The molecule has 7 amide bonds. The van der Waals surface area contributed by atoms with Crippen LogP contribution in [0.3, 0.4) is 0 Å². The summed E-state index contributed by atoms with van der Waals surface area (Å²) in [6.45, 7) is 2.37. The van der Waals surface area contributed by atoms with Gasteiger partial charge in [0, 0.05) is 42.9 Å². The molecule has 5 atom stereocenters. The van der Waals surface area contributed by atoms with Gasteiger partial charge in [0.05, 0.1) is 13.5 Å². The fourth-order valence-electron chi connectivity index (χ4n) is 9.52. The predicted octanol–water partition coefficient (Wildman–Crippen LogP) is 2.14. The lowest BCUT2D eigenvalue weighted by atomic mass is 9.73. The lowest BCUT2D eigenvalue weighted by Gasteiger charge is -2.41. The minimum absolute atomic E-state index is 0.0437. The van der Waals surface area contributed by atoms with Gasteiger partial charge in [-0.25, -0.2) is 0 Å². The van der Waals surface area contributed by atoms with Crippen LogP contribution in [0.5, 0.6) is 5.75 Å². The van der Waals surface area contributed by atoms with Crippen molar-refractivity contribution in [2.75, 3.05) is 20.2 Å². The number of fused-ring (bicyclic) bond motifs is 1. The summed E-state index contributed by atoms with van der Waals surface area (Å²) in [5.74, 6) is -6.30. The van der Waals surface area contributed by atoms with Crippen LogP contribution in [-0.4, -0.2) is 119 Å². The van der Waals surface area contributed by atoms with Gasteiger partial charge in [-0.15, -0.1) is 0 Å². The van der Waals surface area contributed by atoms with Crippen LogP contribution in [0.25, 0.3) is 10.9 Å². The molecular weight excluding hydrogens is 989 g/mol. The van der Waals surface area contributed by atoms with Gasteiger partial charge in [-0.2, -0.15) is 0 Å². The van der Waals surface area contributed by atoms with E-state index in [1.165, 1.54) is 0 Å². The quantitative estimate of drug-likeness (QED) is 0.0195. The highest BCUT2D eigenvalue weighted by Gasteiger charge is 2.46. The maximum atomic E-state index is 15.1. The molecule has 16 N–H and O–H groups in total. The first kappa shape index (κ1) is 59.9. The Morgan fingerprint density at radius 2 is 1.35 bits per heavy atom. The minimum Gasteiger partial charge on any atom is -0.497 e. The normalized spacial score (nSPS) is 17.0. The number of carbonyl (C=O) groups is 8. The molecule has 1 aliphatic carbocycles. The van der Waals surface area contributed by atoms with Crippen molar-refractivity contribution < 1.29 is 48.2 Å². The lowest BCUT2D eigenvalue weighted by Crippen LogP contribution is -2.66. The summed E-state index contributed by atoms with van der Waals surface area (Å²) in [4.78, 5) is 114. The Kier molecular flexibility index (Phi) is 23.3. The first-order valence-corrected chi connectivity index (χ1v) is 26.3. The number of benzene rings is 3. The summed E-state index contributed by atoms with van der Waals surface area (Å²) in [5.41, 5.74) is 18.3. The van der Waals surface area contributed by atoms with Crippen molar-refractivity contribution in [1.29, 1.82) is 5.41 Å². The summed E-state index contributed by atoms with van der Waals surface area (Å²) in [6, 6.07) is 17.0. The number of aromatic nitrogens is 1. The summed E-state index contributed by atoms with van der Waals surface area (Å²) in [6.07, 6.45) is 4.37. The van der Waals surface area contributed by atoms with Gasteiger partial charge in [-0.3, -0.25) is 43.8 Å². The Labute approximate surface area is 448 Å². The number of unbranched alkanes of at least 4 members (excludes halogenated alkanes) is 2. The monoisotopic (exact) mass is 1060 g/mol. The molecule has 1 fully saturated rings. The fourth-order valence-corrected chi connectivity index (χ4v) is 9.52. The number of ether oxygens (including phenoxy) is 1. The molecule has 0 saturated heterocycles. The first-order valence-electron chi connectivity index (χ1n) is 26.3. The zero-order chi connectivity index (χ0) is 55.9. The summed E-state index contributed by atoms with van der Waals surface area (Å²) >= 11 is 0. The van der Waals surface area contributed by atoms with Gasteiger partial charge in [0.15, 0.2) is 5.96 Å². The van der Waals surface area contributed by atoms with Crippen LogP contribution in [0.4, 0.5) is 0 Å². The number of guanidine groups is 1. The number of carboxylic acids is 1. The van der Waals surface area contributed by atoms with Crippen LogP contribution in [0, 0.1) is 5.41 Å². The Morgan fingerprint density at radius 1 is 0.727 bits per heavy atom. The van der Waals surface area contributed by atoms with Crippen molar-refractivity contribution in [3.05, 3.63) is 102 Å². The van der Waals surface area contributed by atoms with Crippen molar-refractivity contribution >= 4 is 64.2 Å². The number of aliphatic carboxylic acids is 1. The molecule has 0 spiro atoms. The molecule has 1 heterocycles. The number of rotatable bonds is 31. The molecule has 22 heteroatoms. The number of primary amides is 1. The highest BCUT2D eigenvalue weighted by atomic mass is 16.5. The van der Waals surface area contributed by atoms with Crippen molar-refractivity contribution in [1.82, 2.24) is 42.2 Å². The number of hydrogen-bond acceptors (Lipinski definition) is 11. The molecule has 3 aromatic carbocycles. The van der Waals surface area contributed by atoms with E-state index in [-0.39, 0.29) is 69.8 Å². The Hall–Kier alpha value is -8.01. The lowest BCUT2D eigenvalue weighted by molar-refractivity contribution is -0.142. The molecule has 1 aliphatic rings. The Balaban J connectivity index is 1.48. The first-order chi connectivity index (χ1) is 36.9. The standard InChI is InChI=1S/C55H76N12O10/c1-3-4-19-46(68)62-45(32-47(69)70)52(75)67-55(26-24-36(25-27-55)35-20-22-38(77-2)23-21-35)53(76)66-43(30-34-13-6-5-7-14-34)50(73)64-42(18-12-29-60-54(58)59)49(72)65-44(31-37-33-61-40-16-9-8-15-39(37)40)51(74)63-41(48(57)71)17-10-11-28-56/h5-9,13-16,20-23,33,36,41-45,61H,3-4,10-12,17-19,24-32,56H2,1-2H3,(H2,57,71)(H,62,68)(H,63,74)(H,64,73)(H,65,72)(H,66,76)(H,67,75)(H,69,70)(H4,58,59,60)/t36-,41-,42-,43+,44-,45-,55+/m0/s1. The van der Waals surface area contributed by atoms with Gasteiger partial charge in [-0.05, 0) is 112 Å². The van der Waals surface area contributed by atoms with E-state index in [1.807, 2.05) is 55.5 Å². The van der Waals surface area contributed by atoms with Crippen molar-refractivity contribution in [2.45, 2.75) is 145 Å². The Bertz CT molecular complexity index is 2640. The fraction of sp³-hybridized carbons (Fsp3) is 0.473. The van der Waals surface area contributed by atoms with Crippen molar-refractivity contribution in [3.8, 4) is 5.75 Å². The van der Waals surface area contributed by atoms with Gasteiger partial charge in [0.25, 0.3) is 0 Å². The smallest absolute Gasteiger partial charge is 0.305 e. The number of H-pyrrole nitrogens is 1. The molecule has 0 bridgehead atoms. The second-order valence-electron chi connectivity index (χ2n) is 19.6. The van der Waals surface area contributed by atoms with E-state index in [0.29, 0.717) is 61.9 Å². The van der Waals surface area contributed by atoms with E-state index in [0.717, 1.165) is 16.5 Å². The highest BCUT2D eigenvalue weighted by molar-refractivity contribution is 5.99. The molecule has 22 nitrogen and oxygen atoms in total. The van der Waals surface area contributed by atoms with Crippen LogP contribution < -0.4 is 59.2 Å². The number of aromatic amines is 1. The third kappa shape index (κ3) is 18.4. The number of nitrogens with two attached hydrogens (primary N) is 3. The average Bonchev–Trinajstić information content (AvgIpc) is 3.83. The van der Waals surface area contributed by atoms with Crippen molar-refractivity contribution in [2.24, 2.45) is 17.2 Å². The third-order valence-corrected chi connectivity index (χ3v) is 13.9. The molecule has 77 heavy (non-hydrogen) atoms. The summed E-state index contributed by atoms with van der Waals surface area (Å²) in [5, 5.41) is 37.6. The van der Waals surface area contributed by atoms with E-state index < -0.39 is 89.5 Å². The largest absolute Gasteiger partial charge is 0.497 e. The molecule has 1 saturated carbocycles. The van der Waals surface area contributed by atoms with Gasteiger partial charge >= 0.3 is 5.97 Å². The van der Waals surface area contributed by atoms with Crippen molar-refractivity contribution in [3.63, 3.8) is 0 Å². The molecule has 0 unspecified atom stereocenters. The summed E-state index contributed by atoms with van der Waals surface area (Å²) < 4.78 is 5.35. The molecular formula is C55H76N12O10. The van der Waals surface area contributed by atoms with E-state index >= 15 is 4.79 Å². The molecule has 5 rings (SSSR count). The third-order valence-electron chi connectivity index (χ3n) is 13.9. The zero-order valence-electron chi connectivity index (χ0n) is 43.9. The van der Waals surface area contributed by atoms with Crippen LogP contribution in [0.2, 0.25) is 0 Å². The van der Waals surface area contributed by atoms with Gasteiger partial charge < -0.3 is 69.2 Å². The Morgan fingerprint density at radius 3 is 1.99 bits per heavy atom. The molecule has 0 radical (unpaired) electrons. The molecule has 4 aromatic rings. The van der Waals surface area contributed by atoms with Gasteiger partial charge in [0.2, 0.25) is 41.4 Å². The molecule has 416 valence electrons. The molecule has 1 aromatic heterocycles. The van der Waals surface area contributed by atoms with E-state index in [4.69, 9.17) is 27.3 Å². The van der Waals surface area contributed by atoms with Crippen LogP contribution in [-0.2, 0) is 51.2 Å². The maximum Gasteiger partial charge on any atom is 0.305 e. The van der Waals surface area contributed by atoms with E-state index in [1.54, 1.807) is 43.6 Å². The minimum atomic E-state index is -1.70. The highest BCUT2D eigenvalue weighted by Crippen LogP contribution is 2.39. The average molecular weight is 1070 g/mol.